The summed E-state index contributed by atoms with van der Waals surface area (Å²) in [6.45, 7) is 4.66. The molecule has 0 aliphatic carbocycles. The van der Waals surface area contributed by atoms with E-state index in [1.807, 2.05) is 29.9 Å². The van der Waals surface area contributed by atoms with Crippen LogP contribution in [0.25, 0.3) is 0 Å². The number of amides is 1. The Morgan fingerprint density at radius 3 is 2.77 bits per heavy atom. The molecule has 0 bridgehead atoms. The molecule has 0 saturated carbocycles. The molecule has 0 N–H and O–H groups in total. The van der Waals surface area contributed by atoms with Crippen molar-refractivity contribution in [1.82, 2.24) is 19.6 Å². The molecule has 1 saturated heterocycles. The average Bonchev–Trinajstić information content (AvgIpc) is 3.02. The number of hydrogen-bond acceptors (Lipinski definition) is 3. The second-order valence-electron chi connectivity index (χ2n) is 7.46. The molecule has 3 heterocycles. The first-order valence-corrected chi connectivity index (χ1v) is 9.78. The summed E-state index contributed by atoms with van der Waals surface area (Å²) in [5.74, 6) is 0.490. The summed E-state index contributed by atoms with van der Waals surface area (Å²) in [5, 5.41) is 5.57. The van der Waals surface area contributed by atoms with Gasteiger partial charge in [0.15, 0.2) is 0 Å². The summed E-state index contributed by atoms with van der Waals surface area (Å²) in [7, 11) is 1.87. The predicted molar refractivity (Wildman–Crippen MR) is 103 cm³/mol. The molecule has 1 fully saturated rings. The molecule has 2 aliphatic heterocycles. The van der Waals surface area contributed by atoms with Gasteiger partial charge in [-0.25, -0.2) is 0 Å². The molecule has 2 aromatic rings. The molecule has 1 aromatic heterocycles. The van der Waals surface area contributed by atoms with E-state index in [-0.39, 0.29) is 5.91 Å². The Morgan fingerprint density at radius 2 is 1.96 bits per heavy atom. The van der Waals surface area contributed by atoms with Gasteiger partial charge in [0.1, 0.15) is 5.69 Å². The molecular formula is C20H25ClN4O. The number of aryl methyl sites for hydroxylation is 1. The van der Waals surface area contributed by atoms with Crippen LogP contribution < -0.4 is 0 Å². The number of likely N-dealkylation sites (tertiary alicyclic amines) is 1. The quantitative estimate of drug-likeness (QED) is 0.829. The maximum Gasteiger partial charge on any atom is 0.271 e. The summed E-state index contributed by atoms with van der Waals surface area (Å²) < 4.78 is 1.92. The van der Waals surface area contributed by atoms with E-state index >= 15 is 0 Å². The fourth-order valence-corrected chi connectivity index (χ4v) is 4.15. The van der Waals surface area contributed by atoms with Gasteiger partial charge in [-0.1, -0.05) is 23.7 Å². The van der Waals surface area contributed by atoms with Crippen LogP contribution in [0.1, 0.15) is 46.9 Å². The molecule has 1 unspecified atom stereocenters. The van der Waals surface area contributed by atoms with Gasteiger partial charge in [-0.15, -0.1) is 0 Å². The number of rotatable bonds is 3. The highest BCUT2D eigenvalue weighted by atomic mass is 35.5. The van der Waals surface area contributed by atoms with Crippen molar-refractivity contribution >= 4 is 17.5 Å². The van der Waals surface area contributed by atoms with Gasteiger partial charge >= 0.3 is 0 Å². The topological polar surface area (TPSA) is 41.4 Å². The number of piperidine rings is 1. The van der Waals surface area contributed by atoms with Crippen LogP contribution in [0.3, 0.4) is 0 Å². The molecule has 26 heavy (non-hydrogen) atoms. The molecule has 4 rings (SSSR count). The number of benzene rings is 1. The third-order valence-electron chi connectivity index (χ3n) is 5.47. The van der Waals surface area contributed by atoms with E-state index in [2.05, 4.69) is 17.0 Å². The first-order chi connectivity index (χ1) is 12.6. The highest BCUT2D eigenvalue weighted by Gasteiger charge is 2.27. The third-order valence-corrected chi connectivity index (χ3v) is 5.72. The van der Waals surface area contributed by atoms with E-state index in [1.165, 1.54) is 5.56 Å². The van der Waals surface area contributed by atoms with E-state index in [0.717, 1.165) is 68.4 Å². The molecule has 1 atom stereocenters. The summed E-state index contributed by atoms with van der Waals surface area (Å²) in [5.41, 5.74) is 3.10. The van der Waals surface area contributed by atoms with Crippen molar-refractivity contribution in [2.24, 2.45) is 0 Å². The fraction of sp³-hybridized carbons (Fsp3) is 0.500. The average molecular weight is 373 g/mol. The van der Waals surface area contributed by atoms with Crippen LogP contribution in [-0.2, 0) is 13.1 Å². The van der Waals surface area contributed by atoms with Crippen LogP contribution in [0.4, 0.5) is 0 Å². The maximum absolute atomic E-state index is 12.5. The second-order valence-corrected chi connectivity index (χ2v) is 7.90. The lowest BCUT2D eigenvalue weighted by molar-refractivity contribution is 0.0796. The Labute approximate surface area is 159 Å². The van der Waals surface area contributed by atoms with E-state index in [9.17, 15) is 4.79 Å². The third kappa shape index (κ3) is 3.64. The molecule has 1 aromatic carbocycles. The van der Waals surface area contributed by atoms with Crippen LogP contribution in [0.2, 0.25) is 5.02 Å². The number of nitrogens with zero attached hydrogens (tertiary/aromatic N) is 4. The summed E-state index contributed by atoms with van der Waals surface area (Å²) in [4.78, 5) is 16.8. The molecule has 6 heteroatoms. The number of carbonyl (C=O) groups is 1. The molecule has 5 nitrogen and oxygen atoms in total. The first-order valence-electron chi connectivity index (χ1n) is 9.40. The molecule has 0 spiro atoms. The van der Waals surface area contributed by atoms with Crippen molar-refractivity contribution in [3.63, 3.8) is 0 Å². The lowest BCUT2D eigenvalue weighted by Gasteiger charge is -2.32. The van der Waals surface area contributed by atoms with Crippen LogP contribution >= 0.6 is 11.6 Å². The van der Waals surface area contributed by atoms with Crippen LogP contribution in [-0.4, -0.2) is 52.2 Å². The standard InChI is InChI=1S/C20H25ClN4O/c1-23-9-3-11-25-19(20(23)26)12-18(22-25)16-4-2-10-24(14-16)13-15-5-7-17(21)8-6-15/h5-8,12,16H,2-4,9-11,13-14H2,1H3. The number of hydrogen-bond donors (Lipinski definition) is 0. The van der Waals surface area contributed by atoms with Crippen molar-refractivity contribution in [3.05, 3.63) is 52.3 Å². The van der Waals surface area contributed by atoms with Crippen LogP contribution in [0.15, 0.2) is 30.3 Å². The highest BCUT2D eigenvalue weighted by molar-refractivity contribution is 6.30. The summed E-state index contributed by atoms with van der Waals surface area (Å²) in [6.07, 6.45) is 3.26. The fourth-order valence-electron chi connectivity index (χ4n) is 4.02. The van der Waals surface area contributed by atoms with Gasteiger partial charge in [-0.05, 0) is 49.6 Å². The zero-order chi connectivity index (χ0) is 18.1. The second kappa shape index (κ2) is 7.41. The Morgan fingerprint density at radius 1 is 1.15 bits per heavy atom. The lowest BCUT2D eigenvalue weighted by Crippen LogP contribution is -2.34. The van der Waals surface area contributed by atoms with Gasteiger partial charge in [-0.2, -0.15) is 5.10 Å². The van der Waals surface area contributed by atoms with Gasteiger partial charge < -0.3 is 4.90 Å². The maximum atomic E-state index is 12.5. The Balaban J connectivity index is 1.48. The smallest absolute Gasteiger partial charge is 0.271 e. The minimum Gasteiger partial charge on any atom is -0.340 e. The number of carbonyl (C=O) groups excluding carboxylic acids is 1. The molecule has 138 valence electrons. The van der Waals surface area contributed by atoms with Gasteiger partial charge in [0, 0.05) is 44.2 Å². The Bertz CT molecular complexity index is 786. The predicted octanol–water partition coefficient (Wildman–Crippen LogP) is 3.39. The van der Waals surface area contributed by atoms with E-state index in [4.69, 9.17) is 16.7 Å². The molecule has 2 aliphatic rings. The Hall–Kier alpha value is -1.85. The largest absolute Gasteiger partial charge is 0.340 e. The monoisotopic (exact) mass is 372 g/mol. The van der Waals surface area contributed by atoms with E-state index in [0.29, 0.717) is 5.92 Å². The highest BCUT2D eigenvalue weighted by Crippen LogP contribution is 2.28. The molecule has 1 amide bonds. The normalized spacial score (nSPS) is 21.5. The number of aromatic nitrogens is 2. The van der Waals surface area contributed by atoms with Gasteiger partial charge in [0.05, 0.1) is 5.69 Å². The first kappa shape index (κ1) is 17.6. The summed E-state index contributed by atoms with van der Waals surface area (Å²) in [6, 6.07) is 10.1. The number of halogens is 1. The molecular weight excluding hydrogens is 348 g/mol. The van der Waals surface area contributed by atoms with Crippen molar-refractivity contribution < 1.29 is 4.79 Å². The minimum atomic E-state index is 0.0927. The zero-order valence-electron chi connectivity index (χ0n) is 15.2. The van der Waals surface area contributed by atoms with Crippen molar-refractivity contribution in [2.45, 2.75) is 38.3 Å². The van der Waals surface area contributed by atoms with Crippen molar-refractivity contribution in [3.8, 4) is 0 Å². The zero-order valence-corrected chi connectivity index (χ0v) is 16.0. The SMILES string of the molecule is CN1CCCn2nc(C3CCCN(Cc4ccc(Cl)cc4)C3)cc2C1=O. The van der Waals surface area contributed by atoms with Crippen molar-refractivity contribution in [1.29, 1.82) is 0 Å². The van der Waals surface area contributed by atoms with Crippen LogP contribution in [0, 0.1) is 0 Å². The van der Waals surface area contributed by atoms with Crippen molar-refractivity contribution in [2.75, 3.05) is 26.7 Å². The lowest BCUT2D eigenvalue weighted by atomic mass is 9.94. The number of fused-ring (bicyclic) bond motifs is 1. The summed E-state index contributed by atoms with van der Waals surface area (Å²) >= 11 is 5.99. The van der Waals surface area contributed by atoms with Gasteiger partial charge in [0.2, 0.25) is 0 Å². The van der Waals surface area contributed by atoms with Crippen LogP contribution in [0.5, 0.6) is 0 Å². The van der Waals surface area contributed by atoms with E-state index in [1.54, 1.807) is 4.90 Å². The van der Waals surface area contributed by atoms with E-state index < -0.39 is 0 Å². The Kier molecular flexibility index (Phi) is 5.00. The minimum absolute atomic E-state index is 0.0927. The molecule has 0 radical (unpaired) electrons. The van der Waals surface area contributed by atoms with Gasteiger partial charge in [-0.3, -0.25) is 14.4 Å². The van der Waals surface area contributed by atoms with Gasteiger partial charge in [0.25, 0.3) is 5.91 Å².